The smallest absolute Gasteiger partial charge is 0.205 e. The molecule has 1 radical (unpaired) electrons. The normalized spacial score (nSPS) is 17.5. The molecule has 0 saturated carbocycles. The fraction of sp³-hybridized carbons (Fsp3) is 0.818. The first-order valence-corrected chi connectivity index (χ1v) is 4.97. The number of hydrogen-bond donors (Lipinski definition) is 0. The van der Waals surface area contributed by atoms with Crippen molar-refractivity contribution in [1.29, 1.82) is 0 Å². The fourth-order valence-corrected chi connectivity index (χ4v) is 1.50. The van der Waals surface area contributed by atoms with Gasteiger partial charge in [-0.25, -0.2) is 0 Å². The van der Waals surface area contributed by atoms with E-state index in [1.807, 2.05) is 6.92 Å². The summed E-state index contributed by atoms with van der Waals surface area (Å²) in [5.41, 5.74) is -0.517. The van der Waals surface area contributed by atoms with Gasteiger partial charge in [0.2, 0.25) is 6.29 Å². The molecule has 0 bridgehead atoms. The maximum atomic E-state index is 10.8. The first-order valence-electron chi connectivity index (χ1n) is 4.97. The molecule has 2 atom stereocenters. The zero-order chi connectivity index (χ0) is 10.3. The summed E-state index contributed by atoms with van der Waals surface area (Å²) >= 11 is 0. The number of hydrogen-bond acceptors (Lipinski definition) is 2. The largest absolute Gasteiger partial charge is 0.303 e. The van der Waals surface area contributed by atoms with E-state index < -0.39 is 5.41 Å². The van der Waals surface area contributed by atoms with Crippen LogP contribution in [0.15, 0.2) is 0 Å². The van der Waals surface area contributed by atoms with Gasteiger partial charge in [-0.3, -0.25) is 4.79 Å². The monoisotopic (exact) mass is 183 g/mol. The van der Waals surface area contributed by atoms with Crippen LogP contribution >= 0.6 is 0 Å². The van der Waals surface area contributed by atoms with Gasteiger partial charge < -0.3 is 4.79 Å². The molecule has 0 spiro atoms. The minimum absolute atomic E-state index is 0.317. The molecule has 0 aliphatic heterocycles. The molecule has 0 aliphatic rings. The molecule has 0 aliphatic carbocycles. The van der Waals surface area contributed by atoms with Crippen molar-refractivity contribution in [2.75, 3.05) is 0 Å². The Morgan fingerprint density at radius 1 is 1.46 bits per heavy atom. The summed E-state index contributed by atoms with van der Waals surface area (Å²) in [6.07, 6.45) is 5.73. The Morgan fingerprint density at radius 2 is 2.08 bits per heavy atom. The van der Waals surface area contributed by atoms with Crippen molar-refractivity contribution in [3.8, 4) is 0 Å². The molecule has 0 N–H and O–H groups in total. The van der Waals surface area contributed by atoms with Crippen LogP contribution in [0.3, 0.4) is 0 Å². The Balaban J connectivity index is 4.36. The number of aldehydes is 1. The second-order valence-electron chi connectivity index (χ2n) is 3.82. The molecule has 2 nitrogen and oxygen atoms in total. The zero-order valence-electron chi connectivity index (χ0n) is 8.80. The van der Waals surface area contributed by atoms with E-state index in [-0.39, 0.29) is 0 Å². The maximum absolute atomic E-state index is 10.8. The van der Waals surface area contributed by atoms with Gasteiger partial charge in [0.15, 0.2) is 0 Å². The molecule has 0 aromatic heterocycles. The van der Waals surface area contributed by atoms with Gasteiger partial charge in [-0.2, -0.15) is 0 Å². The topological polar surface area (TPSA) is 34.1 Å². The molecule has 75 valence electrons. The van der Waals surface area contributed by atoms with Crippen molar-refractivity contribution in [3.63, 3.8) is 0 Å². The van der Waals surface area contributed by atoms with Crippen molar-refractivity contribution >= 4 is 12.6 Å². The van der Waals surface area contributed by atoms with Crippen LogP contribution in [-0.2, 0) is 9.59 Å². The van der Waals surface area contributed by atoms with Crippen LogP contribution in [0, 0.1) is 11.3 Å². The predicted octanol–water partition coefficient (Wildman–Crippen LogP) is 2.52. The average Bonchev–Trinajstić information content (AvgIpc) is 2.17. The molecule has 0 aromatic carbocycles. The molecule has 0 rings (SSSR count). The van der Waals surface area contributed by atoms with Gasteiger partial charge in [0.1, 0.15) is 6.29 Å². The highest BCUT2D eigenvalue weighted by molar-refractivity contribution is 5.67. The Hall–Kier alpha value is -0.660. The van der Waals surface area contributed by atoms with Gasteiger partial charge in [-0.15, -0.1) is 0 Å². The van der Waals surface area contributed by atoms with Crippen LogP contribution < -0.4 is 0 Å². The van der Waals surface area contributed by atoms with E-state index in [2.05, 4.69) is 20.1 Å². The maximum Gasteiger partial charge on any atom is 0.205 e. The molecule has 13 heavy (non-hydrogen) atoms. The van der Waals surface area contributed by atoms with Crippen molar-refractivity contribution in [2.24, 2.45) is 11.3 Å². The summed E-state index contributed by atoms with van der Waals surface area (Å²) in [4.78, 5) is 21.2. The molecular formula is C11H19O2. The molecule has 2 heteroatoms. The minimum Gasteiger partial charge on any atom is -0.303 e. The first-order chi connectivity index (χ1) is 6.14. The van der Waals surface area contributed by atoms with Crippen molar-refractivity contribution in [3.05, 3.63) is 0 Å². The van der Waals surface area contributed by atoms with Crippen LogP contribution in [0.5, 0.6) is 0 Å². The van der Waals surface area contributed by atoms with E-state index in [1.54, 1.807) is 0 Å². The van der Waals surface area contributed by atoms with Gasteiger partial charge in [-0.05, 0) is 18.8 Å². The molecule has 2 unspecified atom stereocenters. The molecule has 0 amide bonds. The van der Waals surface area contributed by atoms with Crippen LogP contribution in [0.25, 0.3) is 0 Å². The van der Waals surface area contributed by atoms with Crippen molar-refractivity contribution < 1.29 is 9.59 Å². The van der Waals surface area contributed by atoms with Crippen molar-refractivity contribution in [2.45, 2.75) is 46.5 Å². The van der Waals surface area contributed by atoms with E-state index in [4.69, 9.17) is 0 Å². The minimum atomic E-state index is -0.517. The van der Waals surface area contributed by atoms with Crippen LogP contribution in [0.4, 0.5) is 0 Å². The summed E-state index contributed by atoms with van der Waals surface area (Å²) in [6.45, 7) is 6.14. The van der Waals surface area contributed by atoms with E-state index in [9.17, 15) is 9.59 Å². The lowest BCUT2D eigenvalue weighted by Gasteiger charge is -2.26. The Labute approximate surface area is 80.7 Å². The van der Waals surface area contributed by atoms with Crippen molar-refractivity contribution in [1.82, 2.24) is 0 Å². The number of rotatable bonds is 7. The number of carbonyl (C=O) groups is 1. The SMILES string of the molecule is CCC(C)CC([C]=O)(CC)CC=O. The average molecular weight is 183 g/mol. The van der Waals surface area contributed by atoms with Gasteiger partial charge in [-0.1, -0.05) is 27.2 Å². The summed E-state index contributed by atoms with van der Waals surface area (Å²) in [7, 11) is 0. The summed E-state index contributed by atoms with van der Waals surface area (Å²) in [6, 6.07) is 0. The molecule has 0 saturated heterocycles. The quantitative estimate of drug-likeness (QED) is 0.568. The lowest BCUT2D eigenvalue weighted by atomic mass is 9.76. The van der Waals surface area contributed by atoms with Crippen LogP contribution in [-0.4, -0.2) is 12.6 Å². The van der Waals surface area contributed by atoms with Gasteiger partial charge >= 0.3 is 0 Å². The highest BCUT2D eigenvalue weighted by Crippen LogP contribution is 2.32. The van der Waals surface area contributed by atoms with E-state index in [0.717, 1.165) is 19.1 Å². The highest BCUT2D eigenvalue weighted by atomic mass is 16.1. The molecule has 0 fully saturated rings. The standard InChI is InChI=1S/C11H19O2/c1-4-10(3)8-11(5-2,9-13)6-7-12/h7,10H,4-6,8H2,1-3H3. The summed E-state index contributed by atoms with van der Waals surface area (Å²) in [5.74, 6) is 0.487. The molecule has 0 heterocycles. The second-order valence-corrected chi connectivity index (χ2v) is 3.82. The number of carbonyl (C=O) groups excluding carboxylic acids is 2. The fourth-order valence-electron chi connectivity index (χ4n) is 1.50. The third kappa shape index (κ3) is 3.71. The Bertz CT molecular complexity index is 165. The second kappa shape index (κ2) is 5.90. The molecule has 0 aromatic rings. The van der Waals surface area contributed by atoms with E-state index >= 15 is 0 Å². The zero-order valence-corrected chi connectivity index (χ0v) is 8.80. The Morgan fingerprint density at radius 3 is 2.38 bits per heavy atom. The summed E-state index contributed by atoms with van der Waals surface area (Å²) < 4.78 is 0. The Kier molecular flexibility index (Phi) is 5.60. The van der Waals surface area contributed by atoms with Gasteiger partial charge in [0, 0.05) is 11.8 Å². The lowest BCUT2D eigenvalue weighted by Crippen LogP contribution is -2.25. The van der Waals surface area contributed by atoms with E-state index in [1.165, 1.54) is 0 Å². The molecular weight excluding hydrogens is 164 g/mol. The first kappa shape index (κ1) is 12.3. The van der Waals surface area contributed by atoms with Crippen LogP contribution in [0.2, 0.25) is 0 Å². The van der Waals surface area contributed by atoms with E-state index in [0.29, 0.717) is 18.8 Å². The third-order valence-corrected chi connectivity index (χ3v) is 2.80. The van der Waals surface area contributed by atoms with Gasteiger partial charge in [0.25, 0.3) is 0 Å². The predicted molar refractivity (Wildman–Crippen MR) is 53.2 cm³/mol. The highest BCUT2D eigenvalue weighted by Gasteiger charge is 2.29. The summed E-state index contributed by atoms with van der Waals surface area (Å²) in [5, 5.41) is 0. The van der Waals surface area contributed by atoms with Gasteiger partial charge in [0.05, 0.1) is 0 Å². The third-order valence-electron chi connectivity index (χ3n) is 2.80. The lowest BCUT2D eigenvalue weighted by molar-refractivity contribution is -0.109. The van der Waals surface area contributed by atoms with Crippen LogP contribution in [0.1, 0.15) is 46.5 Å².